The Morgan fingerprint density at radius 2 is 2.12 bits per heavy atom. The highest BCUT2D eigenvalue weighted by atomic mass is 16.5. The van der Waals surface area contributed by atoms with E-state index in [-0.39, 0.29) is 24.2 Å². The number of nitrogens with one attached hydrogen (secondary N) is 1. The molecule has 1 aliphatic heterocycles. The quantitative estimate of drug-likeness (QED) is 0.891. The third kappa shape index (κ3) is 2.10. The van der Waals surface area contributed by atoms with E-state index in [0.717, 1.165) is 16.5 Å². The Morgan fingerprint density at radius 3 is 2.84 bits per heavy atom. The SMILES string of the molecule is CCC1(O)C(=O)N(CCOC)[C@@H]2C[C@H]1C(=O)c1[nH]c3ccccc3c12. The van der Waals surface area contributed by atoms with Crippen LogP contribution in [0.5, 0.6) is 0 Å². The average Bonchev–Trinajstić information content (AvgIpc) is 3.02. The fraction of sp³-hybridized carbons (Fsp3) is 0.474. The van der Waals surface area contributed by atoms with Crippen LogP contribution in [-0.2, 0) is 9.53 Å². The summed E-state index contributed by atoms with van der Waals surface area (Å²) in [5, 5.41) is 12.0. The number of likely N-dealkylation sites (tertiary alicyclic amines) is 1. The third-order valence-electron chi connectivity index (χ3n) is 5.76. The van der Waals surface area contributed by atoms with Crippen LogP contribution in [0.3, 0.4) is 0 Å². The molecule has 2 N–H and O–H groups in total. The van der Waals surface area contributed by atoms with Crippen LogP contribution in [0.2, 0.25) is 0 Å². The largest absolute Gasteiger partial charge is 0.383 e. The molecule has 0 saturated carbocycles. The second kappa shape index (κ2) is 5.68. The zero-order valence-electron chi connectivity index (χ0n) is 14.4. The Balaban J connectivity index is 1.92. The fourth-order valence-electron chi connectivity index (χ4n) is 4.41. The van der Waals surface area contributed by atoms with E-state index in [0.29, 0.717) is 25.3 Å². The molecule has 0 radical (unpaired) electrons. The van der Waals surface area contributed by atoms with E-state index in [4.69, 9.17) is 4.74 Å². The number of nitrogens with zero attached hydrogens (tertiary/aromatic N) is 1. The molecule has 1 aromatic carbocycles. The fourth-order valence-corrected chi connectivity index (χ4v) is 4.41. The summed E-state index contributed by atoms with van der Waals surface area (Å²) >= 11 is 0. The molecule has 132 valence electrons. The molecule has 25 heavy (non-hydrogen) atoms. The summed E-state index contributed by atoms with van der Waals surface area (Å²) in [5.74, 6) is -1.22. The maximum absolute atomic E-state index is 13.1. The highest BCUT2D eigenvalue weighted by Crippen LogP contribution is 2.49. The number of aromatic amines is 1. The van der Waals surface area contributed by atoms with E-state index < -0.39 is 11.5 Å². The summed E-state index contributed by atoms with van der Waals surface area (Å²) in [4.78, 5) is 31.0. The van der Waals surface area contributed by atoms with Crippen LogP contribution in [0.4, 0.5) is 0 Å². The molecule has 1 saturated heterocycles. The van der Waals surface area contributed by atoms with Gasteiger partial charge in [0.1, 0.15) is 0 Å². The summed E-state index contributed by atoms with van der Waals surface area (Å²) in [7, 11) is 1.59. The molecule has 3 atom stereocenters. The summed E-state index contributed by atoms with van der Waals surface area (Å²) in [5.41, 5.74) is 0.646. The van der Waals surface area contributed by atoms with Crippen LogP contribution in [0.1, 0.15) is 41.9 Å². The first-order valence-electron chi connectivity index (χ1n) is 8.70. The summed E-state index contributed by atoms with van der Waals surface area (Å²) < 4.78 is 5.16. The molecule has 6 heteroatoms. The molecule has 1 aromatic heterocycles. The van der Waals surface area contributed by atoms with E-state index >= 15 is 0 Å². The van der Waals surface area contributed by atoms with Crippen molar-refractivity contribution in [1.29, 1.82) is 0 Å². The number of aliphatic hydroxyl groups is 1. The molecule has 2 aliphatic rings. The van der Waals surface area contributed by atoms with E-state index in [1.807, 2.05) is 24.3 Å². The number of fused-ring (bicyclic) bond motifs is 6. The topological polar surface area (TPSA) is 82.6 Å². The number of H-pyrrole nitrogens is 1. The number of carbonyl (C=O) groups excluding carboxylic acids is 2. The zero-order chi connectivity index (χ0) is 17.8. The molecule has 0 spiro atoms. The van der Waals surface area contributed by atoms with Crippen LogP contribution in [0.15, 0.2) is 24.3 Å². The minimum absolute atomic E-state index is 0.161. The van der Waals surface area contributed by atoms with Crippen molar-refractivity contribution in [3.05, 3.63) is 35.5 Å². The molecule has 4 rings (SSSR count). The van der Waals surface area contributed by atoms with Crippen molar-refractivity contribution in [2.45, 2.75) is 31.4 Å². The number of Topliss-reactive ketones (excluding diaryl/α,β-unsaturated/α-hetero) is 1. The molecule has 2 bridgehead atoms. The van der Waals surface area contributed by atoms with Crippen LogP contribution < -0.4 is 0 Å². The lowest BCUT2D eigenvalue weighted by molar-refractivity contribution is -0.169. The smallest absolute Gasteiger partial charge is 0.255 e. The Kier molecular flexibility index (Phi) is 3.70. The molecule has 1 aliphatic carbocycles. The first kappa shape index (κ1) is 16.3. The van der Waals surface area contributed by atoms with Gasteiger partial charge in [-0.05, 0) is 18.9 Å². The van der Waals surface area contributed by atoms with Crippen LogP contribution in [0.25, 0.3) is 10.9 Å². The number of methoxy groups -OCH3 is 1. The first-order chi connectivity index (χ1) is 12.0. The number of hydrogen-bond acceptors (Lipinski definition) is 4. The number of rotatable bonds is 4. The van der Waals surface area contributed by atoms with Crippen molar-refractivity contribution in [2.24, 2.45) is 5.92 Å². The molecule has 6 nitrogen and oxygen atoms in total. The number of amides is 1. The van der Waals surface area contributed by atoms with Crippen molar-refractivity contribution in [3.8, 4) is 0 Å². The highest BCUT2D eigenvalue weighted by Gasteiger charge is 2.58. The lowest BCUT2D eigenvalue weighted by Crippen LogP contribution is -2.63. The predicted octanol–water partition coefficient (Wildman–Crippen LogP) is 2.04. The number of para-hydroxylation sites is 1. The third-order valence-corrected chi connectivity index (χ3v) is 5.76. The molecular weight excluding hydrogens is 320 g/mol. The predicted molar refractivity (Wildman–Crippen MR) is 92.3 cm³/mol. The van der Waals surface area contributed by atoms with E-state index in [1.165, 1.54) is 0 Å². The van der Waals surface area contributed by atoms with Gasteiger partial charge in [-0.1, -0.05) is 25.1 Å². The maximum Gasteiger partial charge on any atom is 0.255 e. The van der Waals surface area contributed by atoms with Gasteiger partial charge in [-0.25, -0.2) is 0 Å². The normalized spacial score (nSPS) is 28.5. The van der Waals surface area contributed by atoms with Gasteiger partial charge in [-0.3, -0.25) is 9.59 Å². The summed E-state index contributed by atoms with van der Waals surface area (Å²) in [6.07, 6.45) is 0.668. The van der Waals surface area contributed by atoms with Gasteiger partial charge in [0.25, 0.3) is 5.91 Å². The maximum atomic E-state index is 13.1. The van der Waals surface area contributed by atoms with Gasteiger partial charge in [0.15, 0.2) is 11.4 Å². The van der Waals surface area contributed by atoms with Gasteiger partial charge in [-0.15, -0.1) is 0 Å². The minimum atomic E-state index is -1.64. The van der Waals surface area contributed by atoms with Gasteiger partial charge in [0, 0.05) is 30.1 Å². The molecule has 1 amide bonds. The van der Waals surface area contributed by atoms with Gasteiger partial charge >= 0.3 is 0 Å². The standard InChI is InChI=1S/C19H22N2O4/c1-3-19(24)12-10-14(21(18(19)23)8-9-25-2)15-11-6-4-5-7-13(11)20-16(15)17(12)22/h4-7,12,14,20,24H,3,8-10H2,1-2H3/t12-,14+,19?/m0/s1. The average molecular weight is 342 g/mol. The summed E-state index contributed by atoms with van der Waals surface area (Å²) in [6.45, 7) is 2.53. The van der Waals surface area contributed by atoms with Gasteiger partial charge in [0.05, 0.1) is 24.3 Å². The number of benzene rings is 1. The second-order valence-electron chi connectivity index (χ2n) is 6.90. The van der Waals surface area contributed by atoms with Gasteiger partial charge in [-0.2, -0.15) is 0 Å². The van der Waals surface area contributed by atoms with Crippen LogP contribution >= 0.6 is 0 Å². The molecule has 1 unspecified atom stereocenters. The first-order valence-corrected chi connectivity index (χ1v) is 8.70. The second-order valence-corrected chi connectivity index (χ2v) is 6.90. The lowest BCUT2D eigenvalue weighted by atomic mass is 9.67. The minimum Gasteiger partial charge on any atom is -0.383 e. The monoisotopic (exact) mass is 342 g/mol. The Bertz CT molecular complexity index is 858. The number of ether oxygens (including phenoxy) is 1. The van der Waals surface area contributed by atoms with Crippen molar-refractivity contribution >= 4 is 22.6 Å². The molecule has 2 aromatic rings. The number of carbonyl (C=O) groups is 2. The van der Waals surface area contributed by atoms with Crippen molar-refractivity contribution < 1.29 is 19.4 Å². The number of piperidine rings is 1. The van der Waals surface area contributed by atoms with Gasteiger partial charge in [0.2, 0.25) is 0 Å². The van der Waals surface area contributed by atoms with E-state index in [2.05, 4.69) is 4.98 Å². The van der Waals surface area contributed by atoms with E-state index in [1.54, 1.807) is 18.9 Å². The molecule has 2 heterocycles. The summed E-state index contributed by atoms with van der Waals surface area (Å²) in [6, 6.07) is 7.52. The van der Waals surface area contributed by atoms with Crippen molar-refractivity contribution in [3.63, 3.8) is 0 Å². The number of hydrogen-bond donors (Lipinski definition) is 2. The van der Waals surface area contributed by atoms with Gasteiger partial charge < -0.3 is 19.7 Å². The Morgan fingerprint density at radius 1 is 1.36 bits per heavy atom. The van der Waals surface area contributed by atoms with Crippen molar-refractivity contribution in [1.82, 2.24) is 9.88 Å². The number of ketones is 1. The number of aromatic nitrogens is 1. The Hall–Kier alpha value is -2.18. The Labute approximate surface area is 145 Å². The molecular formula is C19H22N2O4. The zero-order valence-corrected chi connectivity index (χ0v) is 14.4. The molecule has 1 fully saturated rings. The lowest BCUT2D eigenvalue weighted by Gasteiger charge is -2.49. The van der Waals surface area contributed by atoms with Crippen LogP contribution in [-0.4, -0.2) is 52.5 Å². The van der Waals surface area contributed by atoms with E-state index in [9.17, 15) is 14.7 Å². The van der Waals surface area contributed by atoms with Crippen LogP contribution in [0, 0.1) is 5.92 Å². The van der Waals surface area contributed by atoms with Crippen molar-refractivity contribution in [2.75, 3.05) is 20.3 Å². The highest BCUT2D eigenvalue weighted by molar-refractivity contribution is 6.09.